The van der Waals surface area contributed by atoms with E-state index in [0.29, 0.717) is 15.5 Å². The normalized spacial score (nSPS) is 12.3. The fraction of sp³-hybridized carbons (Fsp3) is 0.385. The zero-order valence-electron chi connectivity index (χ0n) is 9.35. The molecule has 0 saturated heterocycles. The van der Waals surface area contributed by atoms with Crippen molar-refractivity contribution >= 4 is 29.3 Å². The van der Waals surface area contributed by atoms with Crippen LogP contribution in [-0.2, 0) is 0 Å². The first-order chi connectivity index (χ1) is 6.88. The third-order valence-corrected chi connectivity index (χ3v) is 2.72. The van der Waals surface area contributed by atoms with E-state index in [0.717, 1.165) is 12.0 Å². The Labute approximate surface area is 102 Å². The summed E-state index contributed by atoms with van der Waals surface area (Å²) in [7, 11) is 0. The highest BCUT2D eigenvalue weighted by atomic mass is 35.5. The topological polar surface area (TPSA) is 0 Å². The molecule has 15 heavy (non-hydrogen) atoms. The molecule has 82 valence electrons. The van der Waals surface area contributed by atoms with Crippen molar-refractivity contribution in [1.29, 1.82) is 0 Å². The Hall–Kier alpha value is -0.460. The van der Waals surface area contributed by atoms with Crippen molar-refractivity contribution in [2.75, 3.05) is 0 Å². The number of benzene rings is 1. The Kier molecular flexibility index (Phi) is 4.24. The van der Waals surface area contributed by atoms with Crippen molar-refractivity contribution < 1.29 is 0 Å². The molecule has 0 saturated carbocycles. The molecule has 1 aromatic carbocycles. The molecular formula is C13H16Cl2. The van der Waals surface area contributed by atoms with Crippen LogP contribution in [0.2, 0.25) is 10.0 Å². The van der Waals surface area contributed by atoms with Crippen LogP contribution in [0.25, 0.3) is 6.08 Å². The van der Waals surface area contributed by atoms with Crippen LogP contribution in [0.1, 0.15) is 32.8 Å². The van der Waals surface area contributed by atoms with Gasteiger partial charge in [-0.2, -0.15) is 0 Å². The quantitative estimate of drug-likeness (QED) is 0.648. The van der Waals surface area contributed by atoms with Gasteiger partial charge in [0.1, 0.15) is 0 Å². The molecule has 0 spiro atoms. The molecule has 0 N–H and O–H groups in total. The molecule has 0 fully saturated rings. The van der Waals surface area contributed by atoms with Gasteiger partial charge in [0, 0.05) is 0 Å². The van der Waals surface area contributed by atoms with E-state index in [1.165, 1.54) is 0 Å². The van der Waals surface area contributed by atoms with E-state index in [1.54, 1.807) is 0 Å². The van der Waals surface area contributed by atoms with Crippen molar-refractivity contribution in [3.8, 4) is 0 Å². The van der Waals surface area contributed by atoms with Crippen LogP contribution in [0.4, 0.5) is 0 Å². The highest BCUT2D eigenvalue weighted by molar-refractivity contribution is 6.42. The van der Waals surface area contributed by atoms with Gasteiger partial charge in [-0.05, 0) is 29.5 Å². The van der Waals surface area contributed by atoms with Gasteiger partial charge in [0.25, 0.3) is 0 Å². The van der Waals surface area contributed by atoms with Crippen molar-refractivity contribution in [3.05, 3.63) is 39.9 Å². The van der Waals surface area contributed by atoms with Gasteiger partial charge in [-0.15, -0.1) is 0 Å². The molecule has 0 atom stereocenters. The summed E-state index contributed by atoms with van der Waals surface area (Å²) in [6, 6.07) is 5.66. The standard InChI is InChI=1S/C13H16Cl2/c1-13(2,3)8-4-5-10-6-7-11(14)12(15)9-10/h4-7,9H,8H2,1-3H3/b5-4+. The summed E-state index contributed by atoms with van der Waals surface area (Å²) in [5.41, 5.74) is 1.42. The van der Waals surface area contributed by atoms with Crippen LogP contribution < -0.4 is 0 Å². The summed E-state index contributed by atoms with van der Waals surface area (Å²) in [4.78, 5) is 0. The minimum absolute atomic E-state index is 0.326. The van der Waals surface area contributed by atoms with Gasteiger partial charge in [0.2, 0.25) is 0 Å². The van der Waals surface area contributed by atoms with E-state index in [1.807, 2.05) is 18.2 Å². The maximum absolute atomic E-state index is 5.92. The maximum Gasteiger partial charge on any atom is 0.0598 e. The molecule has 0 aliphatic rings. The van der Waals surface area contributed by atoms with E-state index in [4.69, 9.17) is 23.2 Å². The Morgan fingerprint density at radius 3 is 2.33 bits per heavy atom. The highest BCUT2D eigenvalue weighted by Crippen LogP contribution is 2.24. The number of hydrogen-bond donors (Lipinski definition) is 0. The molecule has 2 heteroatoms. The Morgan fingerprint density at radius 2 is 1.80 bits per heavy atom. The molecule has 0 aliphatic carbocycles. The van der Waals surface area contributed by atoms with E-state index < -0.39 is 0 Å². The molecule has 1 aromatic rings. The Bertz CT molecular complexity index is 359. The molecule has 0 amide bonds. The van der Waals surface area contributed by atoms with E-state index in [-0.39, 0.29) is 0 Å². The number of rotatable bonds is 2. The van der Waals surface area contributed by atoms with Crippen LogP contribution in [0, 0.1) is 5.41 Å². The van der Waals surface area contributed by atoms with Gasteiger partial charge in [-0.1, -0.05) is 62.2 Å². The lowest BCUT2D eigenvalue weighted by atomic mass is 9.92. The van der Waals surface area contributed by atoms with Crippen LogP contribution >= 0.6 is 23.2 Å². The molecule has 0 radical (unpaired) electrons. The van der Waals surface area contributed by atoms with Crippen LogP contribution in [-0.4, -0.2) is 0 Å². The molecule has 0 aromatic heterocycles. The summed E-state index contributed by atoms with van der Waals surface area (Å²) in [5, 5.41) is 1.21. The van der Waals surface area contributed by atoms with Crippen LogP contribution in [0.3, 0.4) is 0 Å². The third kappa shape index (κ3) is 4.72. The molecular weight excluding hydrogens is 227 g/mol. The zero-order valence-corrected chi connectivity index (χ0v) is 10.9. The van der Waals surface area contributed by atoms with Gasteiger partial charge >= 0.3 is 0 Å². The summed E-state index contributed by atoms with van der Waals surface area (Å²) in [6.45, 7) is 6.64. The van der Waals surface area contributed by atoms with Gasteiger partial charge < -0.3 is 0 Å². The van der Waals surface area contributed by atoms with Gasteiger partial charge in [-0.3, -0.25) is 0 Å². The fourth-order valence-electron chi connectivity index (χ4n) is 1.16. The first-order valence-electron chi connectivity index (χ1n) is 5.00. The van der Waals surface area contributed by atoms with E-state index in [9.17, 15) is 0 Å². The zero-order chi connectivity index (χ0) is 11.5. The minimum atomic E-state index is 0.326. The SMILES string of the molecule is CC(C)(C)C/C=C/c1ccc(Cl)c(Cl)c1. The maximum atomic E-state index is 5.92. The molecule has 0 bridgehead atoms. The predicted octanol–water partition coefficient (Wildman–Crippen LogP) is 5.44. The van der Waals surface area contributed by atoms with E-state index >= 15 is 0 Å². The number of hydrogen-bond acceptors (Lipinski definition) is 0. The first kappa shape index (κ1) is 12.6. The van der Waals surface area contributed by atoms with Crippen LogP contribution in [0.15, 0.2) is 24.3 Å². The first-order valence-corrected chi connectivity index (χ1v) is 5.76. The lowest BCUT2D eigenvalue weighted by Crippen LogP contribution is -2.01. The summed E-state index contributed by atoms with van der Waals surface area (Å²) < 4.78 is 0. The highest BCUT2D eigenvalue weighted by Gasteiger charge is 2.06. The molecule has 0 unspecified atom stereocenters. The summed E-state index contributed by atoms with van der Waals surface area (Å²) in [6.07, 6.45) is 5.29. The largest absolute Gasteiger partial charge is 0.0834 e. The lowest BCUT2D eigenvalue weighted by molar-refractivity contribution is 0.421. The van der Waals surface area contributed by atoms with Gasteiger partial charge in [-0.25, -0.2) is 0 Å². The smallest absolute Gasteiger partial charge is 0.0598 e. The fourth-order valence-corrected chi connectivity index (χ4v) is 1.47. The van der Waals surface area contributed by atoms with E-state index in [2.05, 4.69) is 32.9 Å². The number of halogens is 2. The average Bonchev–Trinajstić information content (AvgIpc) is 2.09. The monoisotopic (exact) mass is 242 g/mol. The van der Waals surface area contributed by atoms with Crippen molar-refractivity contribution in [1.82, 2.24) is 0 Å². The Balaban J connectivity index is 2.69. The average molecular weight is 243 g/mol. The molecule has 0 aliphatic heterocycles. The van der Waals surface area contributed by atoms with Gasteiger partial charge in [0.05, 0.1) is 10.0 Å². The second kappa shape index (κ2) is 5.05. The third-order valence-electron chi connectivity index (χ3n) is 1.98. The molecule has 0 nitrogen and oxygen atoms in total. The second-order valence-corrected chi connectivity index (χ2v) is 5.66. The van der Waals surface area contributed by atoms with Crippen molar-refractivity contribution in [2.24, 2.45) is 5.41 Å². The predicted molar refractivity (Wildman–Crippen MR) is 69.6 cm³/mol. The summed E-state index contributed by atoms with van der Waals surface area (Å²) in [5.74, 6) is 0. The van der Waals surface area contributed by atoms with Crippen LogP contribution in [0.5, 0.6) is 0 Å². The molecule has 0 heterocycles. The van der Waals surface area contributed by atoms with Crippen molar-refractivity contribution in [3.63, 3.8) is 0 Å². The summed E-state index contributed by atoms with van der Waals surface area (Å²) >= 11 is 11.7. The number of allylic oxidation sites excluding steroid dienone is 1. The van der Waals surface area contributed by atoms with Gasteiger partial charge in [0.15, 0.2) is 0 Å². The minimum Gasteiger partial charge on any atom is -0.0834 e. The lowest BCUT2D eigenvalue weighted by Gasteiger charge is -2.14. The Morgan fingerprint density at radius 1 is 1.13 bits per heavy atom. The van der Waals surface area contributed by atoms with Crippen molar-refractivity contribution in [2.45, 2.75) is 27.2 Å². The second-order valence-electron chi connectivity index (χ2n) is 4.84. The molecule has 1 rings (SSSR count).